The number of carbonyl (C=O) groups excluding carboxylic acids is 2. The summed E-state index contributed by atoms with van der Waals surface area (Å²) in [6.45, 7) is 1.54. The van der Waals surface area contributed by atoms with E-state index in [1.165, 1.54) is 18.6 Å². The van der Waals surface area contributed by atoms with Gasteiger partial charge in [0.2, 0.25) is 0 Å². The number of hydrogen-bond acceptors (Lipinski definition) is 4. The number of amides is 2. The van der Waals surface area contributed by atoms with E-state index in [4.69, 9.17) is 4.74 Å². The second-order valence-corrected chi connectivity index (χ2v) is 8.11. The number of para-hydroxylation sites is 1. The number of nitrogens with zero attached hydrogens (tertiary/aromatic N) is 1. The highest BCUT2D eigenvalue weighted by molar-refractivity contribution is 5.98. The lowest BCUT2D eigenvalue weighted by atomic mass is 9.89. The molecule has 1 aliphatic carbocycles. The quantitative estimate of drug-likeness (QED) is 0.705. The van der Waals surface area contributed by atoms with Gasteiger partial charge in [-0.3, -0.25) is 4.79 Å². The van der Waals surface area contributed by atoms with Crippen LogP contribution in [-0.4, -0.2) is 41.0 Å². The molecule has 2 aromatic carbocycles. The normalized spacial score (nSPS) is 17.3. The highest BCUT2D eigenvalue weighted by atomic mass is 16.5. The van der Waals surface area contributed by atoms with Crippen LogP contribution in [0.25, 0.3) is 0 Å². The first-order chi connectivity index (χ1) is 14.6. The number of nitrogens with one attached hydrogen (secondary N) is 1. The molecule has 2 N–H and O–H groups in total. The maximum Gasteiger partial charge on any atom is 0.317 e. The van der Waals surface area contributed by atoms with Gasteiger partial charge in [-0.2, -0.15) is 0 Å². The number of Topliss-reactive ketones (excluding diaryl/α,β-unsaturated/α-hetero) is 1. The van der Waals surface area contributed by atoms with E-state index in [1.54, 1.807) is 17.0 Å². The minimum atomic E-state index is -0.107. The number of likely N-dealkylation sites (tertiary alicyclic amines) is 1. The molecule has 6 nitrogen and oxygen atoms in total. The number of phenolic OH excluding ortho intramolecular Hbond substituents is 1. The Hall–Kier alpha value is -3.02. The molecule has 6 heteroatoms. The second kappa shape index (κ2) is 9.20. The maximum absolute atomic E-state index is 12.6. The van der Waals surface area contributed by atoms with E-state index in [-0.39, 0.29) is 23.5 Å². The number of phenols is 1. The zero-order chi connectivity index (χ0) is 20.9. The molecule has 4 rings (SSSR count). The Morgan fingerprint density at radius 2 is 1.70 bits per heavy atom. The zero-order valence-electron chi connectivity index (χ0n) is 17.0. The van der Waals surface area contributed by atoms with Gasteiger partial charge in [0, 0.05) is 36.7 Å². The van der Waals surface area contributed by atoms with Crippen LogP contribution in [0.4, 0.5) is 4.79 Å². The molecule has 0 bridgehead atoms. The molecule has 1 aliphatic heterocycles. The van der Waals surface area contributed by atoms with Gasteiger partial charge in [0.25, 0.3) is 0 Å². The highest BCUT2D eigenvalue weighted by Crippen LogP contribution is 2.28. The summed E-state index contributed by atoms with van der Waals surface area (Å²) < 4.78 is 6.03. The van der Waals surface area contributed by atoms with Gasteiger partial charge in [0.05, 0.1) is 6.10 Å². The van der Waals surface area contributed by atoms with Crippen molar-refractivity contribution >= 4 is 11.8 Å². The Balaban J connectivity index is 1.27. The summed E-state index contributed by atoms with van der Waals surface area (Å²) in [5.74, 6) is 0.991. The van der Waals surface area contributed by atoms with Crippen LogP contribution < -0.4 is 10.1 Å². The summed E-state index contributed by atoms with van der Waals surface area (Å²) in [5.41, 5.74) is 1.59. The maximum atomic E-state index is 12.6. The van der Waals surface area contributed by atoms with E-state index < -0.39 is 0 Å². The summed E-state index contributed by atoms with van der Waals surface area (Å²) in [6, 6.07) is 14.1. The van der Waals surface area contributed by atoms with Crippen molar-refractivity contribution in [2.75, 3.05) is 13.1 Å². The zero-order valence-corrected chi connectivity index (χ0v) is 17.0. The first-order valence-electron chi connectivity index (χ1n) is 10.7. The van der Waals surface area contributed by atoms with E-state index in [0.29, 0.717) is 44.1 Å². The second-order valence-electron chi connectivity index (χ2n) is 8.11. The Morgan fingerprint density at radius 1 is 1.00 bits per heavy atom. The number of carbonyl (C=O) groups is 2. The van der Waals surface area contributed by atoms with Gasteiger partial charge in [-0.05, 0) is 62.4 Å². The molecule has 0 unspecified atom stereocenters. The average molecular weight is 408 g/mol. The smallest absolute Gasteiger partial charge is 0.317 e. The van der Waals surface area contributed by atoms with Crippen molar-refractivity contribution in [3.63, 3.8) is 0 Å². The van der Waals surface area contributed by atoms with Crippen LogP contribution in [0.15, 0.2) is 48.5 Å². The van der Waals surface area contributed by atoms with Crippen molar-refractivity contribution in [3.8, 4) is 11.5 Å². The lowest BCUT2D eigenvalue weighted by Crippen LogP contribution is -2.45. The van der Waals surface area contributed by atoms with Crippen LogP contribution in [0.1, 0.15) is 48.0 Å². The predicted molar refractivity (Wildman–Crippen MR) is 114 cm³/mol. The van der Waals surface area contributed by atoms with E-state index in [2.05, 4.69) is 5.32 Å². The molecule has 0 aromatic heterocycles. The van der Waals surface area contributed by atoms with Crippen molar-refractivity contribution < 1.29 is 19.4 Å². The van der Waals surface area contributed by atoms with Crippen LogP contribution >= 0.6 is 0 Å². The monoisotopic (exact) mass is 408 g/mol. The Morgan fingerprint density at radius 3 is 2.37 bits per heavy atom. The molecule has 2 aliphatic rings. The number of aromatic hydroxyl groups is 1. The fourth-order valence-corrected chi connectivity index (χ4v) is 3.92. The molecule has 1 heterocycles. The molecule has 0 atom stereocenters. The third kappa shape index (κ3) is 4.75. The topological polar surface area (TPSA) is 78.9 Å². The number of benzene rings is 2. The van der Waals surface area contributed by atoms with Crippen LogP contribution in [-0.2, 0) is 6.54 Å². The Kier molecular flexibility index (Phi) is 6.21. The Labute approximate surface area is 176 Å². The number of hydrogen-bond donors (Lipinski definition) is 2. The molecule has 2 aromatic rings. The van der Waals surface area contributed by atoms with Crippen LogP contribution in [0.3, 0.4) is 0 Å². The number of piperidine rings is 1. The summed E-state index contributed by atoms with van der Waals surface area (Å²) in [7, 11) is 0. The highest BCUT2D eigenvalue weighted by Gasteiger charge is 2.28. The molecule has 158 valence electrons. The lowest BCUT2D eigenvalue weighted by molar-refractivity contribution is 0.0854. The van der Waals surface area contributed by atoms with Gasteiger partial charge in [0.1, 0.15) is 11.5 Å². The molecule has 30 heavy (non-hydrogen) atoms. The van der Waals surface area contributed by atoms with Crippen molar-refractivity contribution in [3.05, 3.63) is 59.7 Å². The Bertz CT molecular complexity index is 884. The van der Waals surface area contributed by atoms with E-state index >= 15 is 0 Å². The number of ketones is 1. The minimum Gasteiger partial charge on any atom is -0.508 e. The largest absolute Gasteiger partial charge is 0.508 e. The van der Waals surface area contributed by atoms with Gasteiger partial charge in [-0.15, -0.1) is 0 Å². The van der Waals surface area contributed by atoms with E-state index in [0.717, 1.165) is 24.2 Å². The fourth-order valence-electron chi connectivity index (χ4n) is 3.92. The van der Waals surface area contributed by atoms with Crippen molar-refractivity contribution in [1.29, 1.82) is 0 Å². The fraction of sp³-hybridized carbons (Fsp3) is 0.417. The summed E-state index contributed by atoms with van der Waals surface area (Å²) in [5, 5.41) is 12.4. The first kappa shape index (κ1) is 20.3. The summed E-state index contributed by atoms with van der Waals surface area (Å²) in [6.07, 6.45) is 5.00. The molecule has 2 fully saturated rings. The molecular weight excluding hydrogens is 380 g/mol. The van der Waals surface area contributed by atoms with Gasteiger partial charge >= 0.3 is 6.03 Å². The van der Waals surface area contributed by atoms with Gasteiger partial charge in [-0.1, -0.05) is 18.2 Å². The van der Waals surface area contributed by atoms with E-state index in [1.807, 2.05) is 24.3 Å². The third-order valence-electron chi connectivity index (χ3n) is 6.05. The van der Waals surface area contributed by atoms with Crippen molar-refractivity contribution in [2.24, 2.45) is 5.92 Å². The summed E-state index contributed by atoms with van der Waals surface area (Å²) >= 11 is 0. The van der Waals surface area contributed by atoms with Crippen molar-refractivity contribution in [1.82, 2.24) is 10.2 Å². The number of rotatable bonds is 6. The van der Waals surface area contributed by atoms with Crippen molar-refractivity contribution in [2.45, 2.75) is 44.8 Å². The average Bonchev–Trinajstić information content (AvgIpc) is 2.75. The van der Waals surface area contributed by atoms with Crippen LogP contribution in [0.2, 0.25) is 0 Å². The molecule has 2 amide bonds. The minimum absolute atomic E-state index is 0.0807. The predicted octanol–water partition coefficient (Wildman–Crippen LogP) is 4.13. The van der Waals surface area contributed by atoms with Gasteiger partial charge < -0.3 is 20.1 Å². The standard InChI is InChI=1S/C24H28N2O4/c27-20-10-8-17(9-11-20)23(28)18-12-14-26(15-13-18)24(29)25-16-19-4-1-2-7-22(19)30-21-5-3-6-21/h1-2,4,7-11,18,21,27H,3,5-6,12-16H2,(H,25,29). The van der Waals surface area contributed by atoms with Crippen LogP contribution in [0.5, 0.6) is 11.5 Å². The first-order valence-corrected chi connectivity index (χ1v) is 10.7. The summed E-state index contributed by atoms with van der Waals surface area (Å²) in [4.78, 5) is 27.0. The van der Waals surface area contributed by atoms with Crippen LogP contribution in [0, 0.1) is 5.92 Å². The SMILES string of the molecule is O=C(c1ccc(O)cc1)C1CCN(C(=O)NCc2ccccc2OC2CCC2)CC1. The molecule has 1 saturated heterocycles. The number of ether oxygens (including phenoxy) is 1. The van der Waals surface area contributed by atoms with Gasteiger partial charge in [0.15, 0.2) is 5.78 Å². The molecule has 0 radical (unpaired) electrons. The van der Waals surface area contributed by atoms with E-state index in [9.17, 15) is 14.7 Å². The lowest BCUT2D eigenvalue weighted by Gasteiger charge is -2.31. The molecular formula is C24H28N2O4. The molecule has 0 spiro atoms. The van der Waals surface area contributed by atoms with Gasteiger partial charge in [-0.25, -0.2) is 4.79 Å². The number of urea groups is 1. The molecule has 1 saturated carbocycles. The third-order valence-corrected chi connectivity index (χ3v) is 6.05.